The van der Waals surface area contributed by atoms with Crippen LogP contribution >= 0.6 is 0 Å². The fourth-order valence-corrected chi connectivity index (χ4v) is 2.48. The van der Waals surface area contributed by atoms with Crippen LogP contribution in [-0.2, 0) is 9.53 Å². The van der Waals surface area contributed by atoms with Gasteiger partial charge in [0.1, 0.15) is 5.60 Å². The maximum absolute atomic E-state index is 11.7. The molecule has 0 radical (unpaired) electrons. The van der Waals surface area contributed by atoms with E-state index in [0.29, 0.717) is 32.0 Å². The van der Waals surface area contributed by atoms with Gasteiger partial charge in [-0.2, -0.15) is 0 Å². The van der Waals surface area contributed by atoms with Crippen molar-refractivity contribution in [3.8, 4) is 0 Å². The molecule has 3 N–H and O–H groups in total. The normalized spacial score (nSPS) is 18.0. The van der Waals surface area contributed by atoms with E-state index in [1.54, 1.807) is 0 Å². The third-order valence-corrected chi connectivity index (χ3v) is 3.58. The summed E-state index contributed by atoms with van der Waals surface area (Å²) in [7, 11) is 0. The van der Waals surface area contributed by atoms with Crippen LogP contribution in [0.25, 0.3) is 0 Å². The lowest BCUT2D eigenvalue weighted by atomic mass is 10.2. The van der Waals surface area contributed by atoms with E-state index in [1.165, 1.54) is 0 Å². The van der Waals surface area contributed by atoms with Crippen molar-refractivity contribution < 1.29 is 14.3 Å². The Balaban J connectivity index is 2.39. The monoisotopic (exact) mass is 355 g/mol. The summed E-state index contributed by atoms with van der Waals surface area (Å²) >= 11 is 0. The van der Waals surface area contributed by atoms with Gasteiger partial charge in [-0.25, -0.2) is 4.79 Å². The van der Waals surface area contributed by atoms with E-state index in [4.69, 9.17) is 4.74 Å². The van der Waals surface area contributed by atoms with Crippen LogP contribution in [0.1, 0.15) is 47.5 Å². The molecule has 0 saturated carbocycles. The fourth-order valence-electron chi connectivity index (χ4n) is 2.48. The number of hydrogen-bond acceptors (Lipinski definition) is 4. The number of rotatable bonds is 6. The van der Waals surface area contributed by atoms with Crippen molar-refractivity contribution in [1.29, 1.82) is 0 Å². The number of carbonyl (C=O) groups excluding carboxylic acids is 2. The number of amides is 2. The largest absolute Gasteiger partial charge is 0.444 e. The van der Waals surface area contributed by atoms with Crippen molar-refractivity contribution in [1.82, 2.24) is 20.9 Å². The molecule has 1 saturated heterocycles. The molecule has 1 aliphatic rings. The highest BCUT2D eigenvalue weighted by atomic mass is 16.6. The highest BCUT2D eigenvalue weighted by molar-refractivity contribution is 5.80. The molecule has 1 heterocycles. The first-order valence-corrected chi connectivity index (χ1v) is 9.04. The highest BCUT2D eigenvalue weighted by Gasteiger charge is 2.25. The van der Waals surface area contributed by atoms with Gasteiger partial charge in [-0.05, 0) is 34.1 Å². The van der Waals surface area contributed by atoms with Crippen molar-refractivity contribution in [3.05, 3.63) is 0 Å². The molecule has 1 unspecified atom stereocenters. The molecule has 1 fully saturated rings. The Morgan fingerprint density at radius 1 is 1.24 bits per heavy atom. The van der Waals surface area contributed by atoms with Gasteiger partial charge in [0, 0.05) is 38.6 Å². The molecular formula is C17H33N5O3. The Bertz CT molecular complexity index is 473. The number of ether oxygens (including phenoxy) is 1. The van der Waals surface area contributed by atoms with Gasteiger partial charge < -0.3 is 25.6 Å². The maximum Gasteiger partial charge on any atom is 0.407 e. The molecule has 1 atom stereocenters. The summed E-state index contributed by atoms with van der Waals surface area (Å²) in [4.78, 5) is 29.7. The molecule has 0 aromatic carbocycles. The second-order valence-corrected chi connectivity index (χ2v) is 7.01. The minimum absolute atomic E-state index is 0.188. The number of likely N-dealkylation sites (tertiary alicyclic amines) is 1. The summed E-state index contributed by atoms with van der Waals surface area (Å²) in [5.74, 6) is 0.886. The predicted molar refractivity (Wildman–Crippen MR) is 98.6 cm³/mol. The molecule has 0 aromatic heterocycles. The van der Waals surface area contributed by atoms with E-state index in [2.05, 4.69) is 20.9 Å². The maximum atomic E-state index is 11.7. The third kappa shape index (κ3) is 8.60. The zero-order valence-electron chi connectivity index (χ0n) is 16.1. The molecular weight excluding hydrogens is 322 g/mol. The molecule has 0 spiro atoms. The molecule has 0 bridgehead atoms. The molecule has 25 heavy (non-hydrogen) atoms. The minimum atomic E-state index is -0.506. The summed E-state index contributed by atoms with van der Waals surface area (Å²) in [6.45, 7) is 12.4. The fraction of sp³-hybridized carbons (Fsp3) is 0.824. The van der Waals surface area contributed by atoms with Gasteiger partial charge in [0.2, 0.25) is 5.91 Å². The first kappa shape index (κ1) is 21.1. The lowest BCUT2D eigenvalue weighted by Crippen LogP contribution is -2.45. The van der Waals surface area contributed by atoms with E-state index < -0.39 is 11.7 Å². The number of guanidine groups is 1. The summed E-state index contributed by atoms with van der Waals surface area (Å²) in [6, 6.07) is 0.201. The van der Waals surface area contributed by atoms with Gasteiger partial charge in [0.25, 0.3) is 0 Å². The van der Waals surface area contributed by atoms with E-state index >= 15 is 0 Å². The van der Waals surface area contributed by atoms with Crippen LogP contribution in [0.3, 0.4) is 0 Å². The van der Waals surface area contributed by atoms with E-state index in [0.717, 1.165) is 19.5 Å². The standard InChI is InChI=1S/C17H33N5O3/c1-6-14(23)22-11-8-13(12-22)21-15(18-7-2)19-9-10-20-16(24)25-17(3,4)5/h13H,6-12H2,1-5H3,(H,20,24)(H2,18,19,21). The Morgan fingerprint density at radius 2 is 1.96 bits per heavy atom. The van der Waals surface area contributed by atoms with Crippen LogP contribution in [0, 0.1) is 0 Å². The van der Waals surface area contributed by atoms with Crippen LogP contribution in [0.4, 0.5) is 4.79 Å². The van der Waals surface area contributed by atoms with Crippen LogP contribution < -0.4 is 16.0 Å². The number of nitrogens with one attached hydrogen (secondary N) is 3. The van der Waals surface area contributed by atoms with Gasteiger partial charge >= 0.3 is 6.09 Å². The third-order valence-electron chi connectivity index (χ3n) is 3.58. The Labute approximate surface area is 150 Å². The molecule has 144 valence electrons. The lowest BCUT2D eigenvalue weighted by molar-refractivity contribution is -0.129. The molecule has 8 nitrogen and oxygen atoms in total. The van der Waals surface area contributed by atoms with Crippen molar-refractivity contribution >= 4 is 18.0 Å². The van der Waals surface area contributed by atoms with Crippen LogP contribution in [0.5, 0.6) is 0 Å². The van der Waals surface area contributed by atoms with E-state index in [9.17, 15) is 9.59 Å². The lowest BCUT2D eigenvalue weighted by Gasteiger charge is -2.20. The average molecular weight is 355 g/mol. The quantitative estimate of drug-likeness (QED) is 0.376. The molecule has 0 aromatic rings. The number of aliphatic imine (C=N–C) groups is 1. The van der Waals surface area contributed by atoms with Crippen LogP contribution in [-0.4, -0.2) is 67.2 Å². The van der Waals surface area contributed by atoms with Crippen molar-refractivity contribution in [2.75, 3.05) is 32.7 Å². The number of carbonyl (C=O) groups is 2. The van der Waals surface area contributed by atoms with Crippen molar-refractivity contribution in [3.63, 3.8) is 0 Å². The summed E-state index contributed by atoms with van der Waals surface area (Å²) in [5.41, 5.74) is -0.506. The van der Waals surface area contributed by atoms with Crippen LogP contribution in [0.15, 0.2) is 4.99 Å². The zero-order valence-corrected chi connectivity index (χ0v) is 16.1. The second-order valence-electron chi connectivity index (χ2n) is 7.01. The number of nitrogens with zero attached hydrogens (tertiary/aromatic N) is 2. The predicted octanol–water partition coefficient (Wildman–Crippen LogP) is 1.08. The first-order valence-electron chi connectivity index (χ1n) is 9.04. The Hall–Kier alpha value is -1.99. The van der Waals surface area contributed by atoms with Gasteiger partial charge in [-0.3, -0.25) is 9.79 Å². The number of hydrogen-bond donors (Lipinski definition) is 3. The van der Waals surface area contributed by atoms with Gasteiger partial charge in [0.05, 0.1) is 6.54 Å². The summed E-state index contributed by atoms with van der Waals surface area (Å²) < 4.78 is 5.18. The molecule has 2 amide bonds. The van der Waals surface area contributed by atoms with Crippen molar-refractivity contribution in [2.24, 2.45) is 4.99 Å². The summed E-state index contributed by atoms with van der Waals surface area (Å²) in [6.07, 6.45) is 1.01. The smallest absolute Gasteiger partial charge is 0.407 e. The summed E-state index contributed by atoms with van der Waals surface area (Å²) in [5, 5.41) is 9.22. The average Bonchev–Trinajstić information content (AvgIpc) is 2.97. The van der Waals surface area contributed by atoms with Gasteiger partial charge in [0.15, 0.2) is 5.96 Å². The highest BCUT2D eigenvalue weighted by Crippen LogP contribution is 2.10. The first-order chi connectivity index (χ1) is 11.7. The number of alkyl carbamates (subject to hydrolysis) is 1. The van der Waals surface area contributed by atoms with Gasteiger partial charge in [-0.1, -0.05) is 6.92 Å². The Kier molecular flexibility index (Phi) is 8.51. The van der Waals surface area contributed by atoms with E-state index in [1.807, 2.05) is 39.5 Å². The van der Waals surface area contributed by atoms with Gasteiger partial charge in [-0.15, -0.1) is 0 Å². The van der Waals surface area contributed by atoms with Crippen LogP contribution in [0.2, 0.25) is 0 Å². The van der Waals surface area contributed by atoms with E-state index in [-0.39, 0.29) is 11.9 Å². The molecule has 1 rings (SSSR count). The minimum Gasteiger partial charge on any atom is -0.444 e. The molecule has 8 heteroatoms. The Morgan fingerprint density at radius 3 is 2.56 bits per heavy atom. The zero-order chi connectivity index (χ0) is 18.9. The topological polar surface area (TPSA) is 95.1 Å². The van der Waals surface area contributed by atoms with Crippen molar-refractivity contribution in [2.45, 2.75) is 59.1 Å². The molecule has 0 aliphatic carbocycles. The molecule has 1 aliphatic heterocycles. The SMILES string of the molecule is CCNC(=NCCNC(=O)OC(C)(C)C)NC1CCN(C(=O)CC)C1. The second kappa shape index (κ2) is 10.1.